The molecule has 2 aromatic heterocycles. The van der Waals surface area contributed by atoms with Gasteiger partial charge in [-0.1, -0.05) is 29.8 Å². The smallest absolute Gasteiger partial charge is 0.271 e. The summed E-state index contributed by atoms with van der Waals surface area (Å²) in [6.45, 7) is 2.01. The summed E-state index contributed by atoms with van der Waals surface area (Å²) in [5, 5.41) is 7.15. The summed E-state index contributed by atoms with van der Waals surface area (Å²) in [6, 6.07) is 7.94. The highest BCUT2D eigenvalue weighted by atomic mass is 16.6. The molecule has 0 fully saturated rings. The van der Waals surface area contributed by atoms with Crippen molar-refractivity contribution in [1.29, 1.82) is 0 Å². The topological polar surface area (TPSA) is 84.7 Å². The van der Waals surface area contributed by atoms with Crippen LogP contribution in [0.25, 0.3) is 11.3 Å². The van der Waals surface area contributed by atoms with Crippen LogP contribution in [0.2, 0.25) is 0 Å². The third kappa shape index (κ3) is 1.88. The van der Waals surface area contributed by atoms with Gasteiger partial charge < -0.3 is 0 Å². The molecule has 0 spiro atoms. The van der Waals surface area contributed by atoms with E-state index in [1.54, 1.807) is 0 Å². The molecule has 0 amide bonds. The summed E-state index contributed by atoms with van der Waals surface area (Å²) in [5.41, 5.74) is 2.91. The lowest BCUT2D eigenvalue weighted by Gasteiger charge is -2.01. The predicted molar refractivity (Wildman–Crippen MR) is 64.2 cm³/mol. The molecule has 2 heterocycles. The van der Waals surface area contributed by atoms with Crippen molar-refractivity contribution in [2.75, 3.05) is 0 Å². The van der Waals surface area contributed by atoms with Gasteiger partial charge in [0, 0.05) is 6.42 Å². The van der Waals surface area contributed by atoms with Crippen molar-refractivity contribution in [2.24, 2.45) is 0 Å². The second-order valence-corrected chi connectivity index (χ2v) is 4.11. The molecule has 0 saturated carbocycles. The van der Waals surface area contributed by atoms with Crippen LogP contribution < -0.4 is 5.56 Å². The first kappa shape index (κ1) is 10.6. The Morgan fingerprint density at radius 3 is 3.06 bits per heavy atom. The number of rotatable bonds is 2. The Morgan fingerprint density at radius 2 is 2.22 bits per heavy atom. The van der Waals surface area contributed by atoms with E-state index in [-0.39, 0.29) is 11.2 Å². The lowest BCUT2D eigenvalue weighted by Crippen LogP contribution is -2.15. The van der Waals surface area contributed by atoms with E-state index in [2.05, 4.69) is 24.9 Å². The van der Waals surface area contributed by atoms with Crippen molar-refractivity contribution in [2.45, 2.75) is 13.3 Å². The third-order valence-corrected chi connectivity index (χ3v) is 2.66. The van der Waals surface area contributed by atoms with Crippen LogP contribution in [0, 0.1) is 6.92 Å². The molecular weight excluding hydrogens is 232 g/mol. The quantitative estimate of drug-likeness (QED) is 0.730. The minimum absolute atomic E-state index is 0.264. The summed E-state index contributed by atoms with van der Waals surface area (Å²) in [5.74, 6) is 0. The van der Waals surface area contributed by atoms with Gasteiger partial charge in [-0.15, -0.1) is 0 Å². The second-order valence-electron chi connectivity index (χ2n) is 4.11. The third-order valence-electron chi connectivity index (χ3n) is 2.66. The van der Waals surface area contributed by atoms with E-state index < -0.39 is 0 Å². The van der Waals surface area contributed by atoms with Gasteiger partial charge in [-0.3, -0.25) is 9.78 Å². The average molecular weight is 242 g/mol. The van der Waals surface area contributed by atoms with Gasteiger partial charge in [0.05, 0.1) is 0 Å². The second kappa shape index (κ2) is 4.06. The van der Waals surface area contributed by atoms with E-state index in [0.717, 1.165) is 11.1 Å². The molecule has 0 radical (unpaired) electrons. The van der Waals surface area contributed by atoms with Crippen molar-refractivity contribution in [3.63, 3.8) is 0 Å². The minimum atomic E-state index is -0.264. The van der Waals surface area contributed by atoms with Crippen molar-refractivity contribution < 1.29 is 4.63 Å². The number of hydrogen-bond acceptors (Lipinski definition) is 5. The maximum atomic E-state index is 11.8. The van der Waals surface area contributed by atoms with Crippen LogP contribution in [0.3, 0.4) is 0 Å². The minimum Gasteiger partial charge on any atom is -0.299 e. The number of fused-ring (bicyclic) bond motifs is 1. The molecule has 3 rings (SSSR count). The summed E-state index contributed by atoms with van der Waals surface area (Å²) in [6.07, 6.45) is 0.458. The van der Waals surface area contributed by atoms with Crippen molar-refractivity contribution in [1.82, 2.24) is 20.3 Å². The van der Waals surface area contributed by atoms with E-state index in [1.807, 2.05) is 31.2 Å². The maximum absolute atomic E-state index is 11.8. The van der Waals surface area contributed by atoms with E-state index in [0.29, 0.717) is 17.8 Å². The molecule has 18 heavy (non-hydrogen) atoms. The van der Waals surface area contributed by atoms with Gasteiger partial charge in [0.1, 0.15) is 5.69 Å². The molecule has 0 unspecified atom stereocenters. The first-order valence-electron chi connectivity index (χ1n) is 5.49. The number of aromatic nitrogens is 4. The number of hydrogen-bond donors (Lipinski definition) is 1. The Kier molecular flexibility index (Phi) is 2.40. The molecule has 0 atom stereocenters. The Morgan fingerprint density at radius 1 is 1.33 bits per heavy atom. The number of benzene rings is 1. The number of nitrogens with zero attached hydrogens (tertiary/aromatic N) is 3. The normalized spacial score (nSPS) is 10.9. The fourth-order valence-electron chi connectivity index (χ4n) is 1.83. The van der Waals surface area contributed by atoms with E-state index in [9.17, 15) is 4.79 Å². The highest BCUT2D eigenvalue weighted by molar-refractivity contribution is 5.62. The van der Waals surface area contributed by atoms with Gasteiger partial charge in [0.25, 0.3) is 5.56 Å². The molecular formula is C12H10N4O2. The molecule has 0 aliphatic rings. The van der Waals surface area contributed by atoms with Crippen molar-refractivity contribution >= 4 is 11.3 Å². The zero-order valence-electron chi connectivity index (χ0n) is 9.67. The molecule has 6 nitrogen and oxygen atoms in total. The Bertz CT molecular complexity index is 760. The van der Waals surface area contributed by atoms with E-state index in [4.69, 9.17) is 0 Å². The van der Waals surface area contributed by atoms with Crippen LogP contribution in [-0.2, 0) is 6.42 Å². The molecule has 1 N–H and O–H groups in total. The maximum Gasteiger partial charge on any atom is 0.271 e. The van der Waals surface area contributed by atoms with Crippen LogP contribution in [0.4, 0.5) is 0 Å². The van der Waals surface area contributed by atoms with Crippen LogP contribution in [-0.4, -0.2) is 20.3 Å². The first-order valence-corrected chi connectivity index (χ1v) is 5.49. The van der Waals surface area contributed by atoms with Gasteiger partial charge >= 0.3 is 0 Å². The fraction of sp³-hybridized carbons (Fsp3) is 0.167. The van der Waals surface area contributed by atoms with E-state index in [1.165, 1.54) is 0 Å². The summed E-state index contributed by atoms with van der Waals surface area (Å²) in [4.78, 5) is 18.5. The largest absolute Gasteiger partial charge is 0.299 e. The molecule has 90 valence electrons. The summed E-state index contributed by atoms with van der Waals surface area (Å²) < 4.78 is 4.51. The molecule has 0 saturated heterocycles. The fourth-order valence-corrected chi connectivity index (χ4v) is 1.83. The molecule has 6 heteroatoms. The lowest BCUT2D eigenvalue weighted by atomic mass is 10.1. The van der Waals surface area contributed by atoms with Gasteiger partial charge in [-0.2, -0.15) is 0 Å². The SMILES string of the molecule is Cc1cccc(Cc2nc3nonc3[nH]c2=O)c1. The monoisotopic (exact) mass is 242 g/mol. The summed E-state index contributed by atoms with van der Waals surface area (Å²) >= 11 is 0. The summed E-state index contributed by atoms with van der Waals surface area (Å²) in [7, 11) is 0. The van der Waals surface area contributed by atoms with Gasteiger partial charge in [-0.25, -0.2) is 9.61 Å². The molecule has 0 aliphatic heterocycles. The zero-order valence-corrected chi connectivity index (χ0v) is 9.67. The Labute approximate surface area is 102 Å². The lowest BCUT2D eigenvalue weighted by molar-refractivity contribution is 0.314. The Hall–Kier alpha value is -2.50. The first-order chi connectivity index (χ1) is 8.72. The van der Waals surface area contributed by atoms with E-state index >= 15 is 0 Å². The van der Waals surface area contributed by atoms with Crippen molar-refractivity contribution in [3.05, 3.63) is 51.4 Å². The number of H-pyrrole nitrogens is 1. The number of nitrogens with one attached hydrogen (secondary N) is 1. The van der Waals surface area contributed by atoms with Gasteiger partial charge in [0.2, 0.25) is 11.3 Å². The molecule has 1 aromatic carbocycles. The molecule has 0 bridgehead atoms. The van der Waals surface area contributed by atoms with Gasteiger partial charge in [-0.05, 0) is 22.8 Å². The molecule has 0 aliphatic carbocycles. The van der Waals surface area contributed by atoms with Gasteiger partial charge in [0.15, 0.2) is 0 Å². The highest BCUT2D eigenvalue weighted by Gasteiger charge is 2.09. The van der Waals surface area contributed by atoms with Crippen LogP contribution in [0.1, 0.15) is 16.8 Å². The number of aryl methyl sites for hydroxylation is 1. The zero-order chi connectivity index (χ0) is 12.5. The van der Waals surface area contributed by atoms with Crippen molar-refractivity contribution in [3.8, 4) is 0 Å². The molecule has 3 aromatic rings. The van der Waals surface area contributed by atoms with Crippen LogP contribution in [0.5, 0.6) is 0 Å². The average Bonchev–Trinajstić information content (AvgIpc) is 2.76. The van der Waals surface area contributed by atoms with Crippen LogP contribution in [0.15, 0.2) is 33.7 Å². The highest BCUT2D eigenvalue weighted by Crippen LogP contribution is 2.08. The standard InChI is InChI=1S/C12H10N4O2/c1-7-3-2-4-8(5-7)6-9-12(17)14-11-10(13-9)15-18-16-11/h2-5H,6H2,1H3,(H,14,16,17). The van der Waals surface area contributed by atoms with Crippen LogP contribution >= 0.6 is 0 Å². The predicted octanol–water partition coefficient (Wildman–Crippen LogP) is 1.21. The number of aromatic amines is 1. The Balaban J connectivity index is 2.04.